The minimum Gasteiger partial charge on any atom is -0.479 e. The zero-order valence-corrected chi connectivity index (χ0v) is 12.1. The molecule has 20 heavy (non-hydrogen) atoms. The Hall–Kier alpha value is -1.72. The standard InChI is InChI=1S/C15H12O3S2/c16-13(15(19,20)14(17)18)12-8-6-11(7-9-12)10-4-2-1-3-5-10/h1-9,19-20H,(H,17,18). The fraction of sp³-hybridized carbons (Fsp3) is 0.0667. The predicted octanol–water partition coefficient (Wildman–Crippen LogP) is 3.18. The highest BCUT2D eigenvalue weighted by molar-refractivity contribution is 8.03. The summed E-state index contributed by atoms with van der Waals surface area (Å²) < 4.78 is -2.02. The smallest absolute Gasteiger partial charge is 0.337 e. The molecular weight excluding hydrogens is 292 g/mol. The third-order valence-corrected chi connectivity index (χ3v) is 3.66. The third kappa shape index (κ3) is 2.89. The number of hydrogen-bond donors (Lipinski definition) is 3. The van der Waals surface area contributed by atoms with Crippen LogP contribution in [-0.4, -0.2) is 20.9 Å². The van der Waals surface area contributed by atoms with Gasteiger partial charge in [0.25, 0.3) is 0 Å². The molecule has 0 heterocycles. The number of ketones is 1. The molecule has 102 valence electrons. The molecule has 0 spiro atoms. The van der Waals surface area contributed by atoms with Crippen LogP contribution >= 0.6 is 25.3 Å². The van der Waals surface area contributed by atoms with Crippen molar-refractivity contribution >= 4 is 37.0 Å². The van der Waals surface area contributed by atoms with E-state index in [0.717, 1.165) is 11.1 Å². The Morgan fingerprint density at radius 2 is 1.35 bits per heavy atom. The van der Waals surface area contributed by atoms with Gasteiger partial charge in [0.2, 0.25) is 4.08 Å². The number of thiol groups is 2. The van der Waals surface area contributed by atoms with Gasteiger partial charge in [-0.15, -0.1) is 25.3 Å². The number of Topliss-reactive ketones (excluding diaryl/α,β-unsaturated/α-hetero) is 1. The molecule has 0 atom stereocenters. The Balaban J connectivity index is 2.30. The fourth-order valence-corrected chi connectivity index (χ4v) is 2.00. The molecule has 0 aliphatic carbocycles. The summed E-state index contributed by atoms with van der Waals surface area (Å²) >= 11 is 7.60. The van der Waals surface area contributed by atoms with Gasteiger partial charge in [0.15, 0.2) is 5.78 Å². The molecule has 0 bridgehead atoms. The Morgan fingerprint density at radius 3 is 1.85 bits per heavy atom. The summed E-state index contributed by atoms with van der Waals surface area (Å²) in [6, 6.07) is 16.4. The molecule has 2 aromatic carbocycles. The van der Waals surface area contributed by atoms with Crippen LogP contribution in [0.15, 0.2) is 54.6 Å². The number of aliphatic carboxylic acids is 1. The molecule has 0 saturated carbocycles. The van der Waals surface area contributed by atoms with E-state index < -0.39 is 15.8 Å². The summed E-state index contributed by atoms with van der Waals surface area (Å²) in [4.78, 5) is 23.0. The van der Waals surface area contributed by atoms with E-state index >= 15 is 0 Å². The van der Waals surface area contributed by atoms with Gasteiger partial charge in [-0.2, -0.15) is 0 Å². The van der Waals surface area contributed by atoms with Crippen LogP contribution in [0.5, 0.6) is 0 Å². The van der Waals surface area contributed by atoms with Crippen molar-refractivity contribution in [1.29, 1.82) is 0 Å². The van der Waals surface area contributed by atoms with Gasteiger partial charge in [-0.05, 0) is 11.1 Å². The van der Waals surface area contributed by atoms with Crippen molar-refractivity contribution in [2.75, 3.05) is 0 Å². The second-order valence-corrected chi connectivity index (χ2v) is 5.94. The molecule has 0 fully saturated rings. The zero-order valence-electron chi connectivity index (χ0n) is 10.4. The minimum absolute atomic E-state index is 0.261. The van der Waals surface area contributed by atoms with Crippen LogP contribution in [0.4, 0.5) is 0 Å². The first-order chi connectivity index (χ1) is 9.43. The molecule has 2 aromatic rings. The lowest BCUT2D eigenvalue weighted by Gasteiger charge is -2.15. The lowest BCUT2D eigenvalue weighted by Crippen LogP contribution is -2.35. The van der Waals surface area contributed by atoms with Crippen LogP contribution in [0, 0.1) is 0 Å². The maximum Gasteiger partial charge on any atom is 0.337 e. The second-order valence-electron chi connectivity index (χ2n) is 4.25. The van der Waals surface area contributed by atoms with Gasteiger partial charge < -0.3 is 5.11 Å². The van der Waals surface area contributed by atoms with Crippen molar-refractivity contribution in [3.05, 3.63) is 60.2 Å². The molecule has 5 heteroatoms. The highest BCUT2D eigenvalue weighted by Crippen LogP contribution is 2.27. The lowest BCUT2D eigenvalue weighted by molar-refractivity contribution is -0.136. The molecule has 0 aliphatic heterocycles. The number of carboxylic acid groups (broad SMARTS) is 1. The summed E-state index contributed by atoms with van der Waals surface area (Å²) in [6.45, 7) is 0. The van der Waals surface area contributed by atoms with E-state index in [9.17, 15) is 9.59 Å². The average Bonchev–Trinajstić information content (AvgIpc) is 2.47. The number of carbonyl (C=O) groups excluding carboxylic acids is 1. The summed E-state index contributed by atoms with van der Waals surface area (Å²) in [5, 5.41) is 8.93. The minimum atomic E-state index is -2.02. The monoisotopic (exact) mass is 304 g/mol. The number of rotatable bonds is 4. The number of carboxylic acids is 1. The fourth-order valence-electron chi connectivity index (χ4n) is 1.74. The Bertz CT molecular complexity index is 634. The van der Waals surface area contributed by atoms with E-state index in [-0.39, 0.29) is 5.56 Å². The largest absolute Gasteiger partial charge is 0.479 e. The van der Waals surface area contributed by atoms with E-state index in [1.54, 1.807) is 24.3 Å². The van der Waals surface area contributed by atoms with Crippen LogP contribution in [0.25, 0.3) is 11.1 Å². The van der Waals surface area contributed by atoms with Crippen LogP contribution in [0.3, 0.4) is 0 Å². The summed E-state index contributed by atoms with van der Waals surface area (Å²) in [7, 11) is 0. The first kappa shape index (κ1) is 14.7. The van der Waals surface area contributed by atoms with Gasteiger partial charge in [-0.3, -0.25) is 4.79 Å². The second kappa shape index (κ2) is 5.73. The van der Waals surface area contributed by atoms with Gasteiger partial charge in [0, 0.05) is 5.56 Å². The normalized spacial score (nSPS) is 11.1. The summed E-state index contributed by atoms with van der Waals surface area (Å²) in [5.41, 5.74) is 2.23. The maximum absolute atomic E-state index is 12.0. The molecule has 0 aliphatic rings. The molecule has 0 radical (unpaired) electrons. The first-order valence-electron chi connectivity index (χ1n) is 5.81. The van der Waals surface area contributed by atoms with E-state index in [1.807, 2.05) is 30.3 Å². The molecule has 0 saturated heterocycles. The van der Waals surface area contributed by atoms with Crippen molar-refractivity contribution in [3.8, 4) is 11.1 Å². The Kier molecular flexibility index (Phi) is 4.20. The van der Waals surface area contributed by atoms with Gasteiger partial charge >= 0.3 is 5.97 Å². The van der Waals surface area contributed by atoms with E-state index in [4.69, 9.17) is 5.11 Å². The average molecular weight is 304 g/mol. The quantitative estimate of drug-likeness (QED) is 0.352. The molecule has 0 amide bonds. The highest BCUT2D eigenvalue weighted by atomic mass is 32.2. The van der Waals surface area contributed by atoms with Crippen LogP contribution in [0.2, 0.25) is 0 Å². The Labute approximate surface area is 127 Å². The number of hydrogen-bond acceptors (Lipinski definition) is 4. The van der Waals surface area contributed by atoms with Crippen LogP contribution < -0.4 is 0 Å². The van der Waals surface area contributed by atoms with Gasteiger partial charge in [0.05, 0.1) is 0 Å². The van der Waals surface area contributed by atoms with Gasteiger partial charge in [0.1, 0.15) is 0 Å². The van der Waals surface area contributed by atoms with Crippen molar-refractivity contribution in [2.24, 2.45) is 0 Å². The van der Waals surface area contributed by atoms with E-state index in [2.05, 4.69) is 25.3 Å². The van der Waals surface area contributed by atoms with E-state index in [0.29, 0.717) is 0 Å². The molecule has 0 aromatic heterocycles. The van der Waals surface area contributed by atoms with Crippen LogP contribution in [0.1, 0.15) is 10.4 Å². The van der Waals surface area contributed by atoms with Gasteiger partial charge in [-0.25, -0.2) is 4.79 Å². The topological polar surface area (TPSA) is 54.4 Å². The van der Waals surface area contributed by atoms with Crippen molar-refractivity contribution in [1.82, 2.24) is 0 Å². The van der Waals surface area contributed by atoms with Gasteiger partial charge in [-0.1, -0.05) is 54.6 Å². The number of benzene rings is 2. The van der Waals surface area contributed by atoms with Crippen molar-refractivity contribution < 1.29 is 14.7 Å². The molecule has 3 nitrogen and oxygen atoms in total. The molecule has 0 unspecified atom stereocenters. The Morgan fingerprint density at radius 1 is 0.850 bits per heavy atom. The van der Waals surface area contributed by atoms with Crippen molar-refractivity contribution in [2.45, 2.75) is 4.08 Å². The predicted molar refractivity (Wildman–Crippen MR) is 84.5 cm³/mol. The third-order valence-electron chi connectivity index (χ3n) is 2.87. The number of carbonyl (C=O) groups is 2. The van der Waals surface area contributed by atoms with E-state index in [1.165, 1.54) is 0 Å². The molecule has 2 rings (SSSR count). The molecular formula is C15H12O3S2. The highest BCUT2D eigenvalue weighted by Gasteiger charge is 2.39. The van der Waals surface area contributed by atoms with Crippen molar-refractivity contribution in [3.63, 3.8) is 0 Å². The SMILES string of the molecule is O=C(O)C(S)(S)C(=O)c1ccc(-c2ccccc2)cc1. The zero-order chi connectivity index (χ0) is 14.8. The summed E-state index contributed by atoms with van der Waals surface area (Å²) in [6.07, 6.45) is 0. The lowest BCUT2D eigenvalue weighted by atomic mass is 10.0. The molecule has 1 N–H and O–H groups in total. The first-order valence-corrected chi connectivity index (χ1v) is 6.71. The summed E-state index contributed by atoms with van der Waals surface area (Å²) in [5.74, 6) is -2.04. The van der Waals surface area contributed by atoms with Crippen LogP contribution in [-0.2, 0) is 4.79 Å². The maximum atomic E-state index is 12.0.